The maximum atomic E-state index is 4.60. The van der Waals surface area contributed by atoms with E-state index in [1.165, 1.54) is 69.4 Å². The summed E-state index contributed by atoms with van der Waals surface area (Å²) in [6.07, 6.45) is 11.9. The van der Waals surface area contributed by atoms with Crippen molar-refractivity contribution >= 4 is 0 Å². The van der Waals surface area contributed by atoms with E-state index in [9.17, 15) is 0 Å². The van der Waals surface area contributed by atoms with E-state index < -0.39 is 0 Å². The Morgan fingerprint density at radius 2 is 1.75 bits per heavy atom. The monoisotopic (exact) mass is 276 g/mol. The number of nitrogens with one attached hydrogen (secondary N) is 1. The van der Waals surface area contributed by atoms with Crippen LogP contribution < -0.4 is 5.32 Å². The molecule has 4 heteroatoms. The zero-order chi connectivity index (χ0) is 13.8. The summed E-state index contributed by atoms with van der Waals surface area (Å²) in [6.45, 7) is 4.36. The molecule has 0 bridgehead atoms. The molecule has 0 saturated heterocycles. The van der Waals surface area contributed by atoms with Crippen molar-refractivity contribution in [3.05, 3.63) is 11.6 Å². The van der Waals surface area contributed by atoms with Gasteiger partial charge in [0, 0.05) is 19.0 Å². The second-order valence-corrected chi connectivity index (χ2v) is 6.41. The van der Waals surface area contributed by atoms with Crippen LogP contribution in [-0.4, -0.2) is 21.3 Å². The van der Waals surface area contributed by atoms with E-state index in [-0.39, 0.29) is 0 Å². The number of fused-ring (bicyclic) bond motifs is 1. The fourth-order valence-corrected chi connectivity index (χ4v) is 3.79. The van der Waals surface area contributed by atoms with Gasteiger partial charge in [0.25, 0.3) is 0 Å². The van der Waals surface area contributed by atoms with E-state index >= 15 is 0 Å². The molecule has 20 heavy (non-hydrogen) atoms. The fraction of sp³-hybridized carbons (Fsp3) is 0.875. The van der Waals surface area contributed by atoms with Crippen LogP contribution in [0.2, 0.25) is 0 Å². The molecule has 2 heterocycles. The first-order chi connectivity index (χ1) is 9.90. The minimum absolute atomic E-state index is 0.420. The van der Waals surface area contributed by atoms with Crippen molar-refractivity contribution in [1.29, 1.82) is 0 Å². The van der Waals surface area contributed by atoms with Crippen molar-refractivity contribution < 1.29 is 0 Å². The molecule has 1 atom stereocenters. The summed E-state index contributed by atoms with van der Waals surface area (Å²) in [7, 11) is 0. The molecule has 1 aromatic heterocycles. The quantitative estimate of drug-likeness (QED) is 0.918. The minimum Gasteiger partial charge on any atom is -0.312 e. The molecule has 2 aliphatic rings. The first-order valence-corrected chi connectivity index (χ1v) is 8.56. The first kappa shape index (κ1) is 14.1. The SMILES string of the molecule is CCCC1NCCn2c(C3CCCCCCC3)nnc21. The second kappa shape index (κ2) is 6.70. The molecule has 3 rings (SSSR count). The molecule has 0 aromatic carbocycles. The lowest BCUT2D eigenvalue weighted by molar-refractivity contribution is 0.372. The number of nitrogens with zero attached hydrogens (tertiary/aromatic N) is 3. The van der Waals surface area contributed by atoms with E-state index in [1.807, 2.05) is 0 Å². The molecule has 1 aliphatic carbocycles. The molecular weight excluding hydrogens is 248 g/mol. The van der Waals surface area contributed by atoms with Gasteiger partial charge in [-0.2, -0.15) is 0 Å². The normalized spacial score (nSPS) is 24.9. The number of hydrogen-bond acceptors (Lipinski definition) is 3. The van der Waals surface area contributed by atoms with E-state index in [0.717, 1.165) is 13.1 Å². The van der Waals surface area contributed by atoms with Gasteiger partial charge in [-0.15, -0.1) is 10.2 Å². The summed E-state index contributed by atoms with van der Waals surface area (Å²) in [5, 5.41) is 12.7. The highest BCUT2D eigenvalue weighted by molar-refractivity contribution is 5.08. The predicted octanol–water partition coefficient (Wildman–Crippen LogP) is 3.55. The lowest BCUT2D eigenvalue weighted by Gasteiger charge is -2.27. The Kier molecular flexibility index (Phi) is 4.71. The van der Waals surface area contributed by atoms with Crippen LogP contribution in [0.3, 0.4) is 0 Å². The number of rotatable bonds is 3. The van der Waals surface area contributed by atoms with E-state index in [2.05, 4.69) is 27.0 Å². The van der Waals surface area contributed by atoms with Gasteiger partial charge in [0.05, 0.1) is 6.04 Å². The smallest absolute Gasteiger partial charge is 0.150 e. The maximum Gasteiger partial charge on any atom is 0.150 e. The summed E-state index contributed by atoms with van der Waals surface area (Å²) in [4.78, 5) is 0. The Bertz CT molecular complexity index is 418. The lowest BCUT2D eigenvalue weighted by Crippen LogP contribution is -2.34. The van der Waals surface area contributed by atoms with Gasteiger partial charge in [0.1, 0.15) is 11.6 Å². The predicted molar refractivity (Wildman–Crippen MR) is 80.7 cm³/mol. The number of hydrogen-bond donors (Lipinski definition) is 1. The van der Waals surface area contributed by atoms with Crippen molar-refractivity contribution in [2.45, 2.75) is 83.2 Å². The molecule has 1 saturated carbocycles. The van der Waals surface area contributed by atoms with Gasteiger partial charge in [-0.3, -0.25) is 0 Å². The van der Waals surface area contributed by atoms with Gasteiger partial charge in [-0.05, 0) is 19.3 Å². The Balaban J connectivity index is 1.79. The highest BCUT2D eigenvalue weighted by atomic mass is 15.3. The molecular formula is C16H28N4. The Morgan fingerprint density at radius 3 is 2.50 bits per heavy atom. The van der Waals surface area contributed by atoms with Crippen LogP contribution in [0.25, 0.3) is 0 Å². The lowest BCUT2D eigenvalue weighted by atomic mass is 9.90. The molecule has 0 spiro atoms. The molecule has 4 nitrogen and oxygen atoms in total. The van der Waals surface area contributed by atoms with Gasteiger partial charge in [-0.1, -0.05) is 45.4 Å². The van der Waals surface area contributed by atoms with E-state index in [1.54, 1.807) is 0 Å². The van der Waals surface area contributed by atoms with Gasteiger partial charge in [0.15, 0.2) is 0 Å². The number of aromatic nitrogens is 3. The van der Waals surface area contributed by atoms with Crippen LogP contribution in [0, 0.1) is 0 Å². The third-order valence-corrected chi connectivity index (χ3v) is 4.89. The van der Waals surface area contributed by atoms with Crippen LogP contribution in [0.4, 0.5) is 0 Å². The molecule has 1 unspecified atom stereocenters. The summed E-state index contributed by atoms with van der Waals surface area (Å²) < 4.78 is 2.43. The van der Waals surface area contributed by atoms with Crippen LogP contribution in [0.5, 0.6) is 0 Å². The summed E-state index contributed by atoms with van der Waals surface area (Å²) in [6, 6.07) is 0.420. The van der Waals surface area contributed by atoms with Crippen molar-refractivity contribution in [3.8, 4) is 0 Å². The average Bonchev–Trinajstić information content (AvgIpc) is 2.84. The Morgan fingerprint density at radius 1 is 1.05 bits per heavy atom. The Hall–Kier alpha value is -0.900. The molecule has 1 aliphatic heterocycles. The molecule has 1 aromatic rings. The van der Waals surface area contributed by atoms with E-state index in [0.29, 0.717) is 12.0 Å². The third-order valence-electron chi connectivity index (χ3n) is 4.89. The Labute approximate surface area is 122 Å². The van der Waals surface area contributed by atoms with Crippen LogP contribution >= 0.6 is 0 Å². The summed E-state index contributed by atoms with van der Waals surface area (Å²) in [5.41, 5.74) is 0. The second-order valence-electron chi connectivity index (χ2n) is 6.41. The molecule has 112 valence electrons. The van der Waals surface area contributed by atoms with Crippen molar-refractivity contribution in [2.75, 3.05) is 6.54 Å². The highest BCUT2D eigenvalue weighted by Gasteiger charge is 2.27. The van der Waals surface area contributed by atoms with Crippen molar-refractivity contribution in [3.63, 3.8) is 0 Å². The minimum atomic E-state index is 0.420. The zero-order valence-corrected chi connectivity index (χ0v) is 12.8. The van der Waals surface area contributed by atoms with Gasteiger partial charge in [-0.25, -0.2) is 0 Å². The summed E-state index contributed by atoms with van der Waals surface area (Å²) >= 11 is 0. The van der Waals surface area contributed by atoms with Crippen molar-refractivity contribution in [1.82, 2.24) is 20.1 Å². The highest BCUT2D eigenvalue weighted by Crippen LogP contribution is 2.32. The molecule has 1 N–H and O–H groups in total. The van der Waals surface area contributed by atoms with Crippen LogP contribution in [0.15, 0.2) is 0 Å². The van der Waals surface area contributed by atoms with Gasteiger partial charge < -0.3 is 9.88 Å². The standard InChI is InChI=1S/C16H28N4/c1-2-8-14-16-19-18-15(20(16)12-11-17-14)13-9-6-4-3-5-7-10-13/h13-14,17H,2-12H2,1H3. The van der Waals surface area contributed by atoms with Crippen LogP contribution in [-0.2, 0) is 6.54 Å². The molecule has 0 radical (unpaired) electrons. The van der Waals surface area contributed by atoms with Crippen molar-refractivity contribution in [2.24, 2.45) is 0 Å². The fourth-order valence-electron chi connectivity index (χ4n) is 3.79. The molecule has 0 amide bonds. The van der Waals surface area contributed by atoms with Gasteiger partial charge >= 0.3 is 0 Å². The first-order valence-electron chi connectivity index (χ1n) is 8.56. The third kappa shape index (κ3) is 2.90. The topological polar surface area (TPSA) is 42.7 Å². The summed E-state index contributed by atoms with van der Waals surface area (Å²) in [5.74, 6) is 3.12. The van der Waals surface area contributed by atoms with Crippen LogP contribution in [0.1, 0.15) is 88.3 Å². The maximum absolute atomic E-state index is 4.60. The zero-order valence-electron chi connectivity index (χ0n) is 12.8. The average molecular weight is 276 g/mol. The largest absolute Gasteiger partial charge is 0.312 e. The van der Waals surface area contributed by atoms with Gasteiger partial charge in [0.2, 0.25) is 0 Å². The van der Waals surface area contributed by atoms with E-state index in [4.69, 9.17) is 0 Å². The molecule has 1 fully saturated rings.